The first-order chi connectivity index (χ1) is 16.3. The van der Waals surface area contributed by atoms with Crippen molar-refractivity contribution >= 4 is 34.2 Å². The van der Waals surface area contributed by atoms with Crippen LogP contribution in [0.25, 0.3) is 27.9 Å². The van der Waals surface area contributed by atoms with Crippen molar-refractivity contribution in [3.63, 3.8) is 0 Å². The monoisotopic (exact) mass is 423 g/mol. The number of hydrogen-bond acceptors (Lipinski definition) is 6. The Morgan fingerprint density at radius 2 is 2.19 bits per heavy atom. The van der Waals surface area contributed by atoms with E-state index >= 15 is 0 Å². The Hall–Kier alpha value is -3.66. The fourth-order valence-corrected chi connectivity index (χ4v) is 3.99. The predicted octanol–water partition coefficient (Wildman–Crippen LogP) is 2.89. The van der Waals surface area contributed by atoms with E-state index in [1.54, 1.807) is 12.3 Å². The highest BCUT2D eigenvalue weighted by Crippen LogP contribution is 2.35. The Morgan fingerprint density at radius 1 is 1.32 bits per heavy atom. The topological polar surface area (TPSA) is 110 Å². The number of anilines is 2. The second kappa shape index (κ2) is 7.88. The molecule has 0 spiro atoms. The van der Waals surface area contributed by atoms with Gasteiger partial charge in [0.05, 0.1) is 11.9 Å². The maximum absolute atomic E-state index is 11.9. The highest BCUT2D eigenvalue weighted by Gasteiger charge is 2.22. The molecule has 160 valence electrons. The van der Waals surface area contributed by atoms with E-state index in [9.17, 15) is 4.79 Å². The van der Waals surface area contributed by atoms with E-state index in [2.05, 4.69) is 30.6 Å². The van der Waals surface area contributed by atoms with Crippen molar-refractivity contribution in [2.24, 2.45) is 0 Å². The quantitative estimate of drug-likeness (QED) is 0.466. The number of nitrogens with one attached hydrogen (secondary N) is 3. The molecule has 0 atom stereocenters. The summed E-state index contributed by atoms with van der Waals surface area (Å²) in [5.41, 5.74) is 2.82. The summed E-state index contributed by atoms with van der Waals surface area (Å²) in [4.78, 5) is 21.3. The molecule has 4 aromatic heterocycles. The van der Waals surface area contributed by atoms with Crippen LogP contribution in [0.4, 0.5) is 16.3 Å². The molecule has 0 bridgehead atoms. The van der Waals surface area contributed by atoms with Gasteiger partial charge in [-0.25, -0.2) is 14.8 Å². The summed E-state index contributed by atoms with van der Waals surface area (Å²) in [5.74, 6) is 0.223. The third kappa shape index (κ3) is 3.34. The molecular weight excluding hydrogens is 396 g/mol. The van der Waals surface area contributed by atoms with Gasteiger partial charge < -0.3 is 25.3 Å². The van der Waals surface area contributed by atoms with Gasteiger partial charge in [-0.15, -0.1) is 0 Å². The van der Waals surface area contributed by atoms with Gasteiger partial charge in [0.15, 0.2) is 5.65 Å². The molecule has 5 rings (SSSR count). The molecule has 0 radical (unpaired) electrons. The number of carbonyl (C=O) groups excluding carboxylic acids is 1. The third-order valence-corrected chi connectivity index (χ3v) is 5.52. The van der Waals surface area contributed by atoms with Crippen molar-refractivity contribution < 1.29 is 13.6 Å². The van der Waals surface area contributed by atoms with Crippen molar-refractivity contribution in [3.05, 3.63) is 36.8 Å². The number of carbonyl (C=O) groups is 1. The molecule has 31 heavy (non-hydrogen) atoms. The second-order valence-corrected chi connectivity index (χ2v) is 7.32. The summed E-state index contributed by atoms with van der Waals surface area (Å²) >= 11 is 0. The average molecular weight is 423 g/mol. The van der Waals surface area contributed by atoms with Gasteiger partial charge in [0.25, 0.3) is 0 Å². The normalized spacial score (nSPS) is 16.6. The number of fused-ring (bicyclic) bond motifs is 2. The molecule has 10 nitrogen and oxygen atoms in total. The Balaban J connectivity index is 1.70. The molecule has 0 aromatic carbocycles. The van der Waals surface area contributed by atoms with Crippen molar-refractivity contribution in [2.75, 3.05) is 37.9 Å². The van der Waals surface area contributed by atoms with Gasteiger partial charge in [0, 0.05) is 66.8 Å². The summed E-state index contributed by atoms with van der Waals surface area (Å²) in [6.07, 6.45) is 6.94. The SMILES string of the molecule is [2H]C([2H])([2H])Nc1cc(-c2cn(C3CCOCC3)c3ncccc23)nc2c(NC(=O)NC)cnn12. The molecule has 1 saturated heterocycles. The number of aromatic nitrogens is 5. The van der Waals surface area contributed by atoms with Crippen molar-refractivity contribution in [1.29, 1.82) is 0 Å². The largest absolute Gasteiger partial charge is 0.381 e. The number of hydrogen-bond donors (Lipinski definition) is 3. The van der Waals surface area contributed by atoms with E-state index in [-0.39, 0.29) is 11.9 Å². The zero-order valence-corrected chi connectivity index (χ0v) is 16.9. The van der Waals surface area contributed by atoms with E-state index in [0.29, 0.717) is 30.2 Å². The lowest BCUT2D eigenvalue weighted by Gasteiger charge is -2.24. The Morgan fingerprint density at radius 3 is 3.00 bits per heavy atom. The fraction of sp³-hybridized carbons (Fsp3) is 0.333. The molecule has 4 aromatic rings. The summed E-state index contributed by atoms with van der Waals surface area (Å²) in [7, 11) is 1.50. The van der Waals surface area contributed by atoms with Crippen molar-refractivity contribution in [3.8, 4) is 11.3 Å². The molecule has 5 heterocycles. The number of rotatable bonds is 4. The van der Waals surface area contributed by atoms with E-state index in [4.69, 9.17) is 13.8 Å². The van der Waals surface area contributed by atoms with Crippen molar-refractivity contribution in [2.45, 2.75) is 18.9 Å². The van der Waals surface area contributed by atoms with Crippen LogP contribution in [0.3, 0.4) is 0 Å². The Bertz CT molecular complexity index is 1360. The van der Waals surface area contributed by atoms with Gasteiger partial charge in [-0.1, -0.05) is 0 Å². The maximum atomic E-state index is 11.9. The molecule has 1 fully saturated rings. The molecule has 0 aliphatic carbocycles. The van der Waals surface area contributed by atoms with E-state index < -0.39 is 13.0 Å². The minimum absolute atomic E-state index is 0.223. The first kappa shape index (κ1) is 16.1. The van der Waals surface area contributed by atoms with Crippen LogP contribution in [-0.2, 0) is 4.74 Å². The lowest BCUT2D eigenvalue weighted by Crippen LogP contribution is -2.24. The minimum Gasteiger partial charge on any atom is -0.381 e. The average Bonchev–Trinajstić information content (AvgIpc) is 3.40. The summed E-state index contributed by atoms with van der Waals surface area (Å²) in [6.45, 7) is -1.08. The summed E-state index contributed by atoms with van der Waals surface area (Å²) < 4.78 is 32.1. The number of amides is 2. The van der Waals surface area contributed by atoms with Crippen LogP contribution in [0, 0.1) is 0 Å². The maximum Gasteiger partial charge on any atom is 0.319 e. The fourth-order valence-electron chi connectivity index (χ4n) is 3.99. The van der Waals surface area contributed by atoms with Gasteiger partial charge in [0.2, 0.25) is 0 Å². The predicted molar refractivity (Wildman–Crippen MR) is 118 cm³/mol. The molecule has 2 amide bonds. The van der Waals surface area contributed by atoms with Crippen LogP contribution in [0.5, 0.6) is 0 Å². The zero-order chi connectivity index (χ0) is 23.9. The van der Waals surface area contributed by atoms with Gasteiger partial charge in [-0.2, -0.15) is 9.61 Å². The van der Waals surface area contributed by atoms with Crippen LogP contribution >= 0.6 is 0 Å². The molecule has 1 aliphatic rings. The van der Waals surface area contributed by atoms with Crippen LogP contribution < -0.4 is 16.0 Å². The summed E-state index contributed by atoms with van der Waals surface area (Å²) in [5, 5.41) is 12.8. The van der Waals surface area contributed by atoms with Crippen LogP contribution in [0.2, 0.25) is 0 Å². The van der Waals surface area contributed by atoms with E-state index in [1.165, 1.54) is 17.8 Å². The van der Waals surface area contributed by atoms with Gasteiger partial charge in [-0.05, 0) is 25.0 Å². The Labute approximate surface area is 182 Å². The van der Waals surface area contributed by atoms with Gasteiger partial charge in [-0.3, -0.25) is 0 Å². The van der Waals surface area contributed by atoms with Crippen LogP contribution in [0.1, 0.15) is 23.0 Å². The highest BCUT2D eigenvalue weighted by atomic mass is 16.5. The minimum atomic E-state index is -2.45. The lowest BCUT2D eigenvalue weighted by atomic mass is 10.1. The standard InChI is InChI=1S/C21H24N8O2/c1-22-18-10-16(26-20-17(11-25-29(18)20)27-21(30)23-2)15-12-28(13-5-8-31-9-6-13)19-14(15)4-3-7-24-19/h3-4,7,10-13,22H,5-6,8-9H2,1-2H3,(H2,23,27,30)/i1D3. The molecule has 3 N–H and O–H groups in total. The molecular formula is C21H24N8O2. The highest BCUT2D eigenvalue weighted by molar-refractivity contribution is 5.96. The van der Waals surface area contributed by atoms with Crippen LogP contribution in [-0.4, -0.2) is 57.4 Å². The van der Waals surface area contributed by atoms with Crippen LogP contribution in [0.15, 0.2) is 36.8 Å². The number of nitrogens with zero attached hydrogens (tertiary/aromatic N) is 5. The summed E-state index contributed by atoms with van der Waals surface area (Å²) in [6, 6.07) is 5.27. The first-order valence-corrected chi connectivity index (χ1v) is 10.0. The molecule has 0 saturated carbocycles. The third-order valence-electron chi connectivity index (χ3n) is 5.52. The van der Waals surface area contributed by atoms with Gasteiger partial charge >= 0.3 is 6.03 Å². The zero-order valence-electron chi connectivity index (χ0n) is 19.9. The molecule has 10 heteroatoms. The molecule has 1 aliphatic heterocycles. The van der Waals surface area contributed by atoms with E-state index in [0.717, 1.165) is 29.4 Å². The lowest BCUT2D eigenvalue weighted by molar-refractivity contribution is 0.0706. The molecule has 0 unspecified atom stereocenters. The smallest absolute Gasteiger partial charge is 0.319 e. The number of pyridine rings is 1. The second-order valence-electron chi connectivity index (χ2n) is 7.32. The first-order valence-electron chi connectivity index (χ1n) is 11.5. The number of ether oxygens (including phenoxy) is 1. The number of urea groups is 1. The van der Waals surface area contributed by atoms with Gasteiger partial charge in [0.1, 0.15) is 17.2 Å². The van der Waals surface area contributed by atoms with E-state index in [1.807, 2.05) is 18.3 Å². The van der Waals surface area contributed by atoms with Crippen molar-refractivity contribution in [1.82, 2.24) is 29.5 Å². The Kier molecular flexibility index (Phi) is 4.09.